The van der Waals surface area contributed by atoms with E-state index >= 15 is 0 Å². The molecule has 0 amide bonds. The van der Waals surface area contributed by atoms with Crippen molar-refractivity contribution in [1.82, 2.24) is 10.3 Å². The number of aromatic nitrogens is 1. The van der Waals surface area contributed by atoms with Gasteiger partial charge in [-0.2, -0.15) is 0 Å². The zero-order chi connectivity index (χ0) is 31.5. The number of nitrogens with zero attached hydrogens (tertiary/aromatic N) is 2. The van der Waals surface area contributed by atoms with E-state index in [1.807, 2.05) is 36.5 Å². The van der Waals surface area contributed by atoms with Gasteiger partial charge in [-0.15, -0.1) is 0 Å². The minimum Gasteiger partial charge on any atom is -0.478 e. The molecule has 10 nitrogen and oxygen atoms in total. The van der Waals surface area contributed by atoms with Gasteiger partial charge in [-0.05, 0) is 61.4 Å². The number of pyridine rings is 1. The SMILES string of the molecule is CC1=C(C(=O)O)C(c2cccc([N+](=O)[O-])c2)C(C(=O)OCCCCOC/C=C/c2ccccc2Cc2cccnc2)=C(C)N1. The van der Waals surface area contributed by atoms with Crippen molar-refractivity contribution in [1.29, 1.82) is 0 Å². The largest absolute Gasteiger partial charge is 0.478 e. The minimum atomic E-state index is -1.23. The van der Waals surface area contributed by atoms with E-state index in [2.05, 4.69) is 28.5 Å². The number of hydrogen-bond acceptors (Lipinski definition) is 8. The summed E-state index contributed by atoms with van der Waals surface area (Å²) in [6.45, 7) is 4.28. The Morgan fingerprint density at radius 2 is 1.80 bits per heavy atom. The van der Waals surface area contributed by atoms with Gasteiger partial charge in [-0.25, -0.2) is 9.59 Å². The van der Waals surface area contributed by atoms with Gasteiger partial charge in [0.15, 0.2) is 0 Å². The third-order valence-corrected chi connectivity index (χ3v) is 7.23. The Morgan fingerprint density at radius 3 is 2.55 bits per heavy atom. The van der Waals surface area contributed by atoms with Crippen LogP contribution in [0.1, 0.15) is 54.9 Å². The number of dihydropyridines is 1. The number of carbonyl (C=O) groups is 2. The fraction of sp³-hybridized carbons (Fsp3) is 0.265. The number of carboxylic acids is 1. The number of hydrogen-bond donors (Lipinski definition) is 2. The fourth-order valence-electron chi connectivity index (χ4n) is 5.15. The first-order chi connectivity index (χ1) is 21.3. The van der Waals surface area contributed by atoms with Crippen LogP contribution in [0.4, 0.5) is 5.69 Å². The molecule has 1 aliphatic rings. The summed E-state index contributed by atoms with van der Waals surface area (Å²) in [5.41, 5.74) is 4.42. The number of nitro groups is 1. The van der Waals surface area contributed by atoms with Gasteiger partial charge in [0.05, 0.1) is 35.2 Å². The summed E-state index contributed by atoms with van der Waals surface area (Å²) in [5.74, 6) is -2.93. The molecule has 4 rings (SSSR count). The molecule has 0 saturated carbocycles. The molecule has 2 aromatic carbocycles. The minimum absolute atomic E-state index is 0.0656. The number of unbranched alkanes of at least 4 members (excludes halogenated alkanes) is 1. The van der Waals surface area contributed by atoms with Crippen LogP contribution in [0.3, 0.4) is 0 Å². The van der Waals surface area contributed by atoms with Gasteiger partial charge in [-0.3, -0.25) is 15.1 Å². The van der Waals surface area contributed by atoms with Crippen LogP contribution in [0, 0.1) is 10.1 Å². The molecular formula is C34H35N3O7. The number of carboxylic acid groups (broad SMARTS) is 1. The van der Waals surface area contributed by atoms with Crippen molar-refractivity contribution in [3.8, 4) is 0 Å². The van der Waals surface area contributed by atoms with Crippen LogP contribution in [0.15, 0.2) is 102 Å². The lowest BCUT2D eigenvalue weighted by molar-refractivity contribution is -0.384. The van der Waals surface area contributed by atoms with Crippen LogP contribution in [-0.2, 0) is 25.5 Å². The van der Waals surface area contributed by atoms with Gasteiger partial charge in [0.1, 0.15) is 0 Å². The number of aliphatic carboxylic acids is 1. The van der Waals surface area contributed by atoms with Gasteiger partial charge in [-0.1, -0.05) is 54.6 Å². The number of benzene rings is 2. The number of nitrogens with one attached hydrogen (secondary N) is 1. The Bertz CT molecular complexity index is 1600. The molecule has 1 atom stereocenters. The van der Waals surface area contributed by atoms with E-state index in [0.717, 1.165) is 17.5 Å². The van der Waals surface area contributed by atoms with E-state index in [0.29, 0.717) is 43.0 Å². The van der Waals surface area contributed by atoms with Crippen LogP contribution >= 0.6 is 0 Å². The normalized spacial score (nSPS) is 14.9. The first kappa shape index (κ1) is 31.8. The molecule has 0 fully saturated rings. The highest BCUT2D eigenvalue weighted by Gasteiger charge is 2.37. The van der Waals surface area contributed by atoms with Crippen molar-refractivity contribution >= 4 is 23.7 Å². The van der Waals surface area contributed by atoms with Crippen LogP contribution in [-0.4, -0.2) is 46.8 Å². The Kier molecular flexibility index (Phi) is 11.1. The monoisotopic (exact) mass is 597 g/mol. The molecule has 0 saturated heterocycles. The van der Waals surface area contributed by atoms with Gasteiger partial charge in [0.2, 0.25) is 0 Å². The third-order valence-electron chi connectivity index (χ3n) is 7.23. The van der Waals surface area contributed by atoms with Crippen molar-refractivity contribution in [3.05, 3.63) is 134 Å². The van der Waals surface area contributed by atoms with E-state index in [9.17, 15) is 24.8 Å². The lowest BCUT2D eigenvalue weighted by Crippen LogP contribution is -2.32. The number of esters is 1. The highest BCUT2D eigenvalue weighted by Crippen LogP contribution is 2.39. The average molecular weight is 598 g/mol. The average Bonchev–Trinajstić information content (AvgIpc) is 3.00. The molecule has 2 N–H and O–H groups in total. The second-order valence-electron chi connectivity index (χ2n) is 10.3. The van der Waals surface area contributed by atoms with Crippen molar-refractivity contribution in [3.63, 3.8) is 0 Å². The maximum Gasteiger partial charge on any atom is 0.336 e. The van der Waals surface area contributed by atoms with Crippen LogP contribution < -0.4 is 5.32 Å². The summed E-state index contributed by atoms with van der Waals surface area (Å²) >= 11 is 0. The summed E-state index contributed by atoms with van der Waals surface area (Å²) in [7, 11) is 0. The Hall–Kier alpha value is -5.09. The highest BCUT2D eigenvalue weighted by molar-refractivity contribution is 5.99. The number of rotatable bonds is 14. The molecule has 1 aliphatic heterocycles. The summed E-state index contributed by atoms with van der Waals surface area (Å²) in [6.07, 6.45) is 9.63. The standard InChI is InChI=1S/C34H35N3O7/c1-23-30(33(38)39)32(28-13-7-15-29(21-28)37(41)42)31(24(2)36-23)34(40)44-19-6-5-17-43-18-9-14-26-11-3-4-12-27(26)20-25-10-8-16-35-22-25/h3-4,7-16,21-22,32,36H,5-6,17-20H2,1-2H3,(H,38,39)/b14-9+. The van der Waals surface area contributed by atoms with Crippen molar-refractivity contribution in [2.75, 3.05) is 19.8 Å². The molecule has 2 heterocycles. The van der Waals surface area contributed by atoms with Crippen LogP contribution in [0.25, 0.3) is 6.08 Å². The fourth-order valence-corrected chi connectivity index (χ4v) is 5.15. The van der Waals surface area contributed by atoms with E-state index in [-0.39, 0.29) is 23.4 Å². The van der Waals surface area contributed by atoms with Crippen LogP contribution in [0.5, 0.6) is 0 Å². The topological polar surface area (TPSA) is 141 Å². The van der Waals surface area contributed by atoms with Crippen molar-refractivity contribution < 1.29 is 29.1 Å². The zero-order valence-corrected chi connectivity index (χ0v) is 24.7. The molecular weight excluding hydrogens is 562 g/mol. The molecule has 10 heteroatoms. The summed E-state index contributed by atoms with van der Waals surface area (Å²) in [4.78, 5) is 40.4. The maximum atomic E-state index is 13.2. The summed E-state index contributed by atoms with van der Waals surface area (Å²) in [5, 5.41) is 24.3. The molecule has 228 valence electrons. The maximum absolute atomic E-state index is 13.2. The number of carbonyl (C=O) groups excluding carboxylic acids is 1. The van der Waals surface area contributed by atoms with E-state index in [1.54, 1.807) is 26.1 Å². The molecule has 3 aromatic rings. The first-order valence-corrected chi connectivity index (χ1v) is 14.3. The molecule has 0 radical (unpaired) electrons. The predicted molar refractivity (Wildman–Crippen MR) is 166 cm³/mol. The summed E-state index contributed by atoms with van der Waals surface area (Å²) < 4.78 is 11.3. The second-order valence-corrected chi connectivity index (χ2v) is 10.3. The Morgan fingerprint density at radius 1 is 1.02 bits per heavy atom. The molecule has 1 unspecified atom stereocenters. The number of nitro benzene ring substituents is 1. The lowest BCUT2D eigenvalue weighted by Gasteiger charge is -2.29. The van der Waals surface area contributed by atoms with Gasteiger partial charge in [0, 0.05) is 42.5 Å². The van der Waals surface area contributed by atoms with Gasteiger partial charge >= 0.3 is 11.9 Å². The van der Waals surface area contributed by atoms with Crippen molar-refractivity contribution in [2.45, 2.75) is 39.0 Å². The smallest absolute Gasteiger partial charge is 0.336 e. The molecule has 1 aromatic heterocycles. The molecule has 0 spiro atoms. The third kappa shape index (κ3) is 8.26. The first-order valence-electron chi connectivity index (χ1n) is 14.3. The van der Waals surface area contributed by atoms with Gasteiger partial charge < -0.3 is 19.9 Å². The Labute approximate surface area is 255 Å². The zero-order valence-electron chi connectivity index (χ0n) is 24.7. The molecule has 0 aliphatic carbocycles. The lowest BCUT2D eigenvalue weighted by atomic mass is 9.80. The summed E-state index contributed by atoms with van der Waals surface area (Å²) in [6, 6.07) is 17.8. The van der Waals surface area contributed by atoms with E-state index < -0.39 is 22.8 Å². The van der Waals surface area contributed by atoms with Crippen LogP contribution in [0.2, 0.25) is 0 Å². The molecule has 44 heavy (non-hydrogen) atoms. The molecule has 0 bridgehead atoms. The number of non-ortho nitro benzene ring substituents is 1. The number of allylic oxidation sites excluding steroid dienone is 2. The highest BCUT2D eigenvalue weighted by atomic mass is 16.6. The van der Waals surface area contributed by atoms with E-state index in [1.165, 1.54) is 23.8 Å². The van der Waals surface area contributed by atoms with Crippen molar-refractivity contribution in [2.24, 2.45) is 0 Å². The number of ether oxygens (including phenoxy) is 2. The predicted octanol–water partition coefficient (Wildman–Crippen LogP) is 5.95. The van der Waals surface area contributed by atoms with E-state index in [4.69, 9.17) is 9.47 Å². The Balaban J connectivity index is 1.28. The quantitative estimate of drug-likeness (QED) is 0.0997. The van der Waals surface area contributed by atoms with Gasteiger partial charge in [0.25, 0.3) is 5.69 Å². The second kappa shape index (κ2) is 15.4.